The fourth-order valence-corrected chi connectivity index (χ4v) is 2.91. The van der Waals surface area contributed by atoms with Gasteiger partial charge in [-0.2, -0.15) is 0 Å². The molecule has 0 aromatic heterocycles. The maximum atomic E-state index is 3.55. The van der Waals surface area contributed by atoms with Crippen molar-refractivity contribution in [3.8, 4) is 0 Å². The second kappa shape index (κ2) is 3.97. The van der Waals surface area contributed by atoms with Crippen molar-refractivity contribution in [3.63, 3.8) is 0 Å². The molecule has 1 N–H and O–H groups in total. The normalized spacial score (nSPS) is 35.8. The van der Waals surface area contributed by atoms with E-state index in [0.717, 1.165) is 0 Å². The molecule has 0 aliphatic carbocycles. The van der Waals surface area contributed by atoms with Gasteiger partial charge in [0.1, 0.15) is 0 Å². The summed E-state index contributed by atoms with van der Waals surface area (Å²) in [5, 5.41) is 3.55. The molecule has 2 aliphatic rings. The van der Waals surface area contributed by atoms with Crippen LogP contribution in [0.5, 0.6) is 0 Å². The summed E-state index contributed by atoms with van der Waals surface area (Å²) in [6.07, 6.45) is 5.59. The summed E-state index contributed by atoms with van der Waals surface area (Å²) in [5.41, 5.74) is 0.660. The highest BCUT2D eigenvalue weighted by atomic mass is 15.2. The zero-order valence-corrected chi connectivity index (χ0v) is 8.81. The molecule has 2 heteroatoms. The lowest BCUT2D eigenvalue weighted by Crippen LogP contribution is -2.41. The quantitative estimate of drug-likeness (QED) is 0.696. The number of piperidine rings is 1. The summed E-state index contributed by atoms with van der Waals surface area (Å²) >= 11 is 0. The van der Waals surface area contributed by atoms with Crippen molar-refractivity contribution < 1.29 is 0 Å². The number of nitrogens with one attached hydrogen (secondary N) is 1. The molecular weight excluding hydrogens is 160 g/mol. The summed E-state index contributed by atoms with van der Waals surface area (Å²) < 4.78 is 0. The van der Waals surface area contributed by atoms with Crippen molar-refractivity contribution >= 4 is 0 Å². The highest BCUT2D eigenvalue weighted by Gasteiger charge is 2.38. The fourth-order valence-electron chi connectivity index (χ4n) is 2.91. The van der Waals surface area contributed by atoms with Crippen LogP contribution in [0.15, 0.2) is 0 Å². The summed E-state index contributed by atoms with van der Waals surface area (Å²) in [4.78, 5) is 2.65. The Morgan fingerprint density at radius 3 is 3.00 bits per heavy atom. The van der Waals surface area contributed by atoms with E-state index in [1.165, 1.54) is 58.4 Å². The third kappa shape index (κ3) is 2.05. The zero-order valence-electron chi connectivity index (χ0n) is 8.81. The Labute approximate surface area is 81.7 Å². The van der Waals surface area contributed by atoms with E-state index in [0.29, 0.717) is 5.41 Å². The van der Waals surface area contributed by atoms with Crippen LogP contribution in [-0.2, 0) is 0 Å². The van der Waals surface area contributed by atoms with E-state index in [9.17, 15) is 0 Å². The van der Waals surface area contributed by atoms with E-state index in [-0.39, 0.29) is 0 Å². The highest BCUT2D eigenvalue weighted by molar-refractivity contribution is 4.93. The van der Waals surface area contributed by atoms with Gasteiger partial charge in [-0.1, -0.05) is 6.92 Å². The molecule has 0 bridgehead atoms. The molecule has 2 fully saturated rings. The van der Waals surface area contributed by atoms with E-state index in [1.807, 2.05) is 0 Å². The largest absolute Gasteiger partial charge is 0.316 e. The predicted molar refractivity (Wildman–Crippen MR) is 55.9 cm³/mol. The van der Waals surface area contributed by atoms with Gasteiger partial charge >= 0.3 is 0 Å². The molecule has 2 rings (SSSR count). The lowest BCUT2D eigenvalue weighted by atomic mass is 9.80. The maximum Gasteiger partial charge on any atom is 0.00506 e. The van der Waals surface area contributed by atoms with Crippen LogP contribution in [0.3, 0.4) is 0 Å². The van der Waals surface area contributed by atoms with Gasteiger partial charge in [0.2, 0.25) is 0 Å². The van der Waals surface area contributed by atoms with Crippen LogP contribution in [0.2, 0.25) is 0 Å². The molecule has 2 aliphatic heterocycles. The third-order valence-electron chi connectivity index (χ3n) is 3.62. The van der Waals surface area contributed by atoms with Crippen molar-refractivity contribution in [1.29, 1.82) is 0 Å². The molecule has 0 saturated carbocycles. The van der Waals surface area contributed by atoms with Gasteiger partial charge in [0.25, 0.3) is 0 Å². The van der Waals surface area contributed by atoms with Gasteiger partial charge in [0.05, 0.1) is 0 Å². The molecule has 0 amide bonds. The minimum atomic E-state index is 0.660. The van der Waals surface area contributed by atoms with E-state index in [1.54, 1.807) is 0 Å². The molecule has 1 spiro atoms. The molecule has 1 atom stereocenters. The highest BCUT2D eigenvalue weighted by Crippen LogP contribution is 2.36. The van der Waals surface area contributed by atoms with Crippen LogP contribution in [-0.4, -0.2) is 37.6 Å². The number of hydrogen-bond donors (Lipinski definition) is 1. The van der Waals surface area contributed by atoms with Gasteiger partial charge in [-0.3, -0.25) is 0 Å². The van der Waals surface area contributed by atoms with Gasteiger partial charge in [-0.05, 0) is 50.7 Å². The van der Waals surface area contributed by atoms with Crippen LogP contribution in [0.4, 0.5) is 0 Å². The lowest BCUT2D eigenvalue weighted by molar-refractivity contribution is 0.202. The van der Waals surface area contributed by atoms with Gasteiger partial charge < -0.3 is 10.2 Å². The molecule has 0 radical (unpaired) electrons. The van der Waals surface area contributed by atoms with Crippen LogP contribution >= 0.6 is 0 Å². The average Bonchev–Trinajstić information content (AvgIpc) is 2.51. The number of hydrogen-bond acceptors (Lipinski definition) is 2. The predicted octanol–water partition coefficient (Wildman–Crippen LogP) is 1.47. The molecule has 2 heterocycles. The minimum Gasteiger partial charge on any atom is -0.316 e. The molecule has 1 unspecified atom stereocenters. The summed E-state index contributed by atoms with van der Waals surface area (Å²) in [5.74, 6) is 0. The summed E-state index contributed by atoms with van der Waals surface area (Å²) in [6, 6.07) is 0. The first-order chi connectivity index (χ1) is 6.35. The standard InChI is InChI=1S/C11H22N2/c1-2-7-13-8-5-11(10-13)4-3-6-12-9-11/h12H,2-10H2,1H3. The zero-order chi connectivity index (χ0) is 9.15. The Balaban J connectivity index is 1.87. The lowest BCUT2D eigenvalue weighted by Gasteiger charge is -2.34. The first kappa shape index (κ1) is 9.47. The van der Waals surface area contributed by atoms with E-state index >= 15 is 0 Å². The maximum absolute atomic E-state index is 3.55. The van der Waals surface area contributed by atoms with Crippen molar-refractivity contribution in [2.24, 2.45) is 5.41 Å². The number of likely N-dealkylation sites (tertiary alicyclic amines) is 1. The van der Waals surface area contributed by atoms with Gasteiger partial charge in [0.15, 0.2) is 0 Å². The van der Waals surface area contributed by atoms with Crippen molar-refractivity contribution in [2.45, 2.75) is 32.6 Å². The van der Waals surface area contributed by atoms with E-state index in [4.69, 9.17) is 0 Å². The van der Waals surface area contributed by atoms with Crippen LogP contribution in [0.1, 0.15) is 32.6 Å². The Hall–Kier alpha value is -0.0800. The molecule has 2 nitrogen and oxygen atoms in total. The van der Waals surface area contributed by atoms with Crippen LogP contribution in [0.25, 0.3) is 0 Å². The van der Waals surface area contributed by atoms with E-state index < -0.39 is 0 Å². The first-order valence-electron chi connectivity index (χ1n) is 5.78. The Morgan fingerprint density at radius 2 is 2.31 bits per heavy atom. The Bertz CT molecular complexity index is 161. The molecule has 2 saturated heterocycles. The molecule has 0 aromatic rings. The molecular formula is C11H22N2. The average molecular weight is 182 g/mol. The number of rotatable bonds is 2. The van der Waals surface area contributed by atoms with Gasteiger partial charge in [0, 0.05) is 13.1 Å². The second-order valence-electron chi connectivity index (χ2n) is 4.81. The Kier molecular flexibility index (Phi) is 2.89. The van der Waals surface area contributed by atoms with Gasteiger partial charge in [-0.15, -0.1) is 0 Å². The minimum absolute atomic E-state index is 0.660. The molecule has 13 heavy (non-hydrogen) atoms. The van der Waals surface area contributed by atoms with Crippen molar-refractivity contribution in [1.82, 2.24) is 10.2 Å². The first-order valence-corrected chi connectivity index (χ1v) is 5.78. The summed E-state index contributed by atoms with van der Waals surface area (Å²) in [6.45, 7) is 8.80. The molecule has 76 valence electrons. The van der Waals surface area contributed by atoms with Crippen LogP contribution in [0, 0.1) is 5.41 Å². The SMILES string of the molecule is CCCN1CCC2(CCCNC2)C1. The smallest absolute Gasteiger partial charge is 0.00506 e. The fraction of sp³-hybridized carbons (Fsp3) is 1.00. The van der Waals surface area contributed by atoms with Crippen molar-refractivity contribution in [2.75, 3.05) is 32.7 Å². The topological polar surface area (TPSA) is 15.3 Å². The summed E-state index contributed by atoms with van der Waals surface area (Å²) in [7, 11) is 0. The van der Waals surface area contributed by atoms with E-state index in [2.05, 4.69) is 17.1 Å². The van der Waals surface area contributed by atoms with Gasteiger partial charge in [-0.25, -0.2) is 0 Å². The second-order valence-corrected chi connectivity index (χ2v) is 4.81. The van der Waals surface area contributed by atoms with Crippen LogP contribution < -0.4 is 5.32 Å². The monoisotopic (exact) mass is 182 g/mol. The Morgan fingerprint density at radius 1 is 1.38 bits per heavy atom. The molecule has 0 aromatic carbocycles. The van der Waals surface area contributed by atoms with Crippen molar-refractivity contribution in [3.05, 3.63) is 0 Å². The third-order valence-corrected chi connectivity index (χ3v) is 3.62. The number of nitrogens with zero attached hydrogens (tertiary/aromatic N) is 1.